The smallest absolute Gasteiger partial charge is 0.324 e. The zero-order valence-corrected chi connectivity index (χ0v) is 17.9. The standard InChI is InChI=1S/C23H24N2O7/c1-4-32-15-11-7-8-12(19(15)26)18-16-17(23(2,24-18)22(29)30)21(28)25(20(16)27)13-9-5-6-10-14(13)31-3/h5-11,16-18,24,26H,4H2,1-3H3,(H,29,30)/t16-,17+,18-,23-/m0/s1. The zero-order chi connectivity index (χ0) is 23.2. The fourth-order valence-corrected chi connectivity index (χ4v) is 4.72. The van der Waals surface area contributed by atoms with Crippen molar-refractivity contribution in [3.63, 3.8) is 0 Å². The van der Waals surface area contributed by atoms with Gasteiger partial charge in [0.15, 0.2) is 11.5 Å². The van der Waals surface area contributed by atoms with Crippen molar-refractivity contribution in [2.75, 3.05) is 18.6 Å². The second kappa shape index (κ2) is 7.83. The summed E-state index contributed by atoms with van der Waals surface area (Å²) in [6.45, 7) is 3.46. The van der Waals surface area contributed by atoms with Gasteiger partial charge in [0.1, 0.15) is 11.3 Å². The molecule has 2 fully saturated rings. The van der Waals surface area contributed by atoms with Gasteiger partial charge in [0.05, 0.1) is 31.2 Å². The molecular weight excluding hydrogens is 416 g/mol. The molecule has 0 unspecified atom stereocenters. The van der Waals surface area contributed by atoms with Gasteiger partial charge in [-0.05, 0) is 32.0 Å². The number of rotatable bonds is 6. The number of amides is 2. The Labute approximate surface area is 184 Å². The van der Waals surface area contributed by atoms with Gasteiger partial charge in [0, 0.05) is 11.6 Å². The number of carbonyl (C=O) groups excluding carboxylic acids is 2. The molecule has 9 heteroatoms. The van der Waals surface area contributed by atoms with Crippen LogP contribution >= 0.6 is 0 Å². The summed E-state index contributed by atoms with van der Waals surface area (Å²) in [6, 6.07) is 10.5. The predicted molar refractivity (Wildman–Crippen MR) is 114 cm³/mol. The molecular formula is C23H24N2O7. The van der Waals surface area contributed by atoms with Crippen molar-refractivity contribution >= 4 is 23.5 Å². The molecule has 32 heavy (non-hydrogen) atoms. The van der Waals surface area contributed by atoms with Crippen LogP contribution in [0, 0.1) is 11.8 Å². The van der Waals surface area contributed by atoms with Crippen molar-refractivity contribution in [2.24, 2.45) is 11.8 Å². The third-order valence-corrected chi connectivity index (χ3v) is 6.22. The molecule has 0 aromatic heterocycles. The van der Waals surface area contributed by atoms with Crippen molar-refractivity contribution < 1.29 is 34.1 Å². The summed E-state index contributed by atoms with van der Waals surface area (Å²) in [4.78, 5) is 40.3. The number of carboxylic acids is 1. The first-order valence-corrected chi connectivity index (χ1v) is 10.2. The molecule has 2 aliphatic rings. The van der Waals surface area contributed by atoms with Crippen LogP contribution in [0.2, 0.25) is 0 Å². The largest absolute Gasteiger partial charge is 0.504 e. The van der Waals surface area contributed by atoms with E-state index in [0.717, 1.165) is 4.90 Å². The highest BCUT2D eigenvalue weighted by atomic mass is 16.5. The molecule has 2 aliphatic heterocycles. The Balaban J connectivity index is 1.85. The number of nitrogens with zero attached hydrogens (tertiary/aromatic N) is 1. The lowest BCUT2D eigenvalue weighted by molar-refractivity contribution is -0.147. The number of imide groups is 1. The van der Waals surface area contributed by atoms with Crippen LogP contribution in [0.4, 0.5) is 5.69 Å². The summed E-state index contributed by atoms with van der Waals surface area (Å²) in [5, 5.41) is 23.7. The number of nitrogens with one attached hydrogen (secondary N) is 1. The summed E-state index contributed by atoms with van der Waals surface area (Å²) in [5.41, 5.74) is -1.19. The maximum Gasteiger partial charge on any atom is 0.324 e. The van der Waals surface area contributed by atoms with E-state index >= 15 is 0 Å². The van der Waals surface area contributed by atoms with Crippen LogP contribution in [-0.4, -0.2) is 47.3 Å². The highest BCUT2D eigenvalue weighted by Crippen LogP contribution is 2.52. The monoisotopic (exact) mass is 440 g/mol. The molecule has 4 atom stereocenters. The van der Waals surface area contributed by atoms with E-state index in [9.17, 15) is 24.6 Å². The van der Waals surface area contributed by atoms with Gasteiger partial charge in [-0.1, -0.05) is 24.3 Å². The SMILES string of the molecule is CCOc1cccc([C@@H]2N[C@](C)(C(=O)O)[C@H]3C(=O)N(c4ccccc4OC)C(=O)[C@H]23)c1O. The number of aliphatic carboxylic acids is 1. The number of phenolic OH excluding ortho intramolecular Hbond substituents is 1. The van der Waals surface area contributed by atoms with E-state index in [1.165, 1.54) is 14.0 Å². The number of aromatic hydroxyl groups is 1. The number of phenols is 1. The van der Waals surface area contributed by atoms with Gasteiger partial charge >= 0.3 is 5.97 Å². The first-order valence-electron chi connectivity index (χ1n) is 10.2. The molecule has 2 heterocycles. The predicted octanol–water partition coefficient (Wildman–Crippen LogP) is 2.09. The molecule has 168 valence electrons. The highest BCUT2D eigenvalue weighted by molar-refractivity contribution is 6.24. The first kappa shape index (κ1) is 21.6. The van der Waals surface area contributed by atoms with Crippen LogP contribution in [0.5, 0.6) is 17.2 Å². The lowest BCUT2D eigenvalue weighted by Gasteiger charge is -2.28. The van der Waals surface area contributed by atoms with Gasteiger partial charge in [-0.2, -0.15) is 0 Å². The number of benzene rings is 2. The van der Waals surface area contributed by atoms with Crippen LogP contribution in [0.25, 0.3) is 0 Å². The molecule has 0 saturated carbocycles. The lowest BCUT2D eigenvalue weighted by atomic mass is 9.80. The minimum absolute atomic E-state index is 0.198. The summed E-state index contributed by atoms with van der Waals surface area (Å²) >= 11 is 0. The van der Waals surface area contributed by atoms with Crippen LogP contribution in [0.3, 0.4) is 0 Å². The van der Waals surface area contributed by atoms with Crippen molar-refractivity contribution in [1.29, 1.82) is 0 Å². The molecule has 2 saturated heterocycles. The van der Waals surface area contributed by atoms with E-state index in [1.807, 2.05) is 0 Å². The number of anilines is 1. The fraction of sp³-hybridized carbons (Fsp3) is 0.348. The second-order valence-corrected chi connectivity index (χ2v) is 7.94. The Morgan fingerprint density at radius 2 is 1.81 bits per heavy atom. The number of methoxy groups -OCH3 is 1. The maximum atomic E-state index is 13.6. The van der Waals surface area contributed by atoms with Crippen LogP contribution in [-0.2, 0) is 14.4 Å². The minimum atomic E-state index is -1.73. The third-order valence-electron chi connectivity index (χ3n) is 6.22. The van der Waals surface area contributed by atoms with Crippen molar-refractivity contribution in [3.8, 4) is 17.2 Å². The van der Waals surface area contributed by atoms with Gasteiger partial charge in [0.25, 0.3) is 0 Å². The van der Waals surface area contributed by atoms with E-state index < -0.39 is 41.2 Å². The number of fused-ring (bicyclic) bond motifs is 1. The van der Waals surface area contributed by atoms with Gasteiger partial charge in [0.2, 0.25) is 11.8 Å². The molecule has 9 nitrogen and oxygen atoms in total. The number of carbonyl (C=O) groups is 3. The van der Waals surface area contributed by atoms with Crippen molar-refractivity contribution in [2.45, 2.75) is 25.4 Å². The Bertz CT molecular complexity index is 1100. The van der Waals surface area contributed by atoms with Gasteiger partial charge < -0.3 is 19.7 Å². The van der Waals surface area contributed by atoms with E-state index in [0.29, 0.717) is 17.9 Å². The summed E-state index contributed by atoms with van der Waals surface area (Å²) in [5.74, 6) is -4.36. The number of para-hydroxylation sites is 3. The molecule has 4 rings (SSSR count). The van der Waals surface area contributed by atoms with Crippen LogP contribution in [0.1, 0.15) is 25.5 Å². The zero-order valence-electron chi connectivity index (χ0n) is 17.9. The summed E-state index contributed by atoms with van der Waals surface area (Å²) in [7, 11) is 1.42. The fourth-order valence-electron chi connectivity index (χ4n) is 4.72. The molecule has 2 aromatic rings. The summed E-state index contributed by atoms with van der Waals surface area (Å²) in [6.07, 6.45) is 0. The number of hydrogen-bond donors (Lipinski definition) is 3. The van der Waals surface area contributed by atoms with E-state index in [4.69, 9.17) is 9.47 Å². The molecule has 0 bridgehead atoms. The highest BCUT2D eigenvalue weighted by Gasteiger charge is 2.67. The van der Waals surface area contributed by atoms with Crippen LogP contribution in [0.15, 0.2) is 42.5 Å². The molecule has 3 N–H and O–H groups in total. The molecule has 2 amide bonds. The molecule has 2 aromatic carbocycles. The quantitative estimate of drug-likeness (QED) is 0.583. The Kier molecular flexibility index (Phi) is 5.29. The number of carboxylic acid groups (broad SMARTS) is 1. The number of hydrogen-bond acceptors (Lipinski definition) is 7. The normalized spacial score (nSPS) is 26.8. The molecule has 0 radical (unpaired) electrons. The first-order chi connectivity index (χ1) is 15.3. The third kappa shape index (κ3) is 3.00. The minimum Gasteiger partial charge on any atom is -0.504 e. The van der Waals surface area contributed by atoms with Gasteiger partial charge in [-0.25, -0.2) is 4.90 Å². The van der Waals surface area contributed by atoms with Crippen molar-refractivity contribution in [1.82, 2.24) is 5.32 Å². The summed E-state index contributed by atoms with van der Waals surface area (Å²) < 4.78 is 10.8. The maximum absolute atomic E-state index is 13.6. The number of ether oxygens (including phenoxy) is 2. The molecule has 0 spiro atoms. The second-order valence-electron chi connectivity index (χ2n) is 7.94. The Morgan fingerprint density at radius 3 is 2.47 bits per heavy atom. The Morgan fingerprint density at radius 1 is 1.12 bits per heavy atom. The lowest BCUT2D eigenvalue weighted by Crippen LogP contribution is -2.53. The van der Waals surface area contributed by atoms with E-state index in [-0.39, 0.29) is 17.2 Å². The van der Waals surface area contributed by atoms with Gasteiger partial charge in [-0.15, -0.1) is 0 Å². The molecule has 0 aliphatic carbocycles. The topological polar surface area (TPSA) is 125 Å². The van der Waals surface area contributed by atoms with Gasteiger partial charge in [-0.3, -0.25) is 19.7 Å². The van der Waals surface area contributed by atoms with E-state index in [1.54, 1.807) is 49.4 Å². The van der Waals surface area contributed by atoms with Crippen molar-refractivity contribution in [3.05, 3.63) is 48.0 Å². The van der Waals surface area contributed by atoms with E-state index in [2.05, 4.69) is 5.32 Å². The Hall–Kier alpha value is -3.59. The van der Waals surface area contributed by atoms with Crippen LogP contribution < -0.4 is 19.7 Å². The average molecular weight is 440 g/mol. The average Bonchev–Trinajstić information content (AvgIpc) is 3.23.